The van der Waals surface area contributed by atoms with Gasteiger partial charge in [0, 0.05) is 16.3 Å². The fraction of sp³-hybridized carbons (Fsp3) is 0.0714. The molecule has 0 aromatic heterocycles. The Kier molecular flexibility index (Phi) is 3.90. The number of nitrogen functional groups attached to an aromatic ring is 1. The zero-order chi connectivity index (χ0) is 13.1. The van der Waals surface area contributed by atoms with Gasteiger partial charge in [-0.25, -0.2) is 0 Å². The van der Waals surface area contributed by atoms with Crippen molar-refractivity contribution in [2.45, 2.75) is 5.38 Å². The topological polar surface area (TPSA) is 43.1 Å². The third kappa shape index (κ3) is 2.84. The molecule has 0 aliphatic carbocycles. The quantitative estimate of drug-likeness (QED) is 0.523. The first-order valence-electron chi connectivity index (χ1n) is 5.37. The van der Waals surface area contributed by atoms with Gasteiger partial charge < -0.3 is 5.73 Å². The highest BCUT2D eigenvalue weighted by Crippen LogP contribution is 2.26. The van der Waals surface area contributed by atoms with Crippen molar-refractivity contribution in [2.75, 3.05) is 5.73 Å². The highest BCUT2D eigenvalue weighted by Gasteiger charge is 2.19. The number of rotatable bonds is 3. The molecule has 4 heteroatoms. The summed E-state index contributed by atoms with van der Waals surface area (Å²) < 4.78 is 0. The van der Waals surface area contributed by atoms with Crippen molar-refractivity contribution < 1.29 is 4.79 Å². The third-order valence-corrected chi connectivity index (χ3v) is 3.29. The monoisotopic (exact) mass is 279 g/mol. The predicted molar refractivity (Wildman–Crippen MR) is 75.2 cm³/mol. The number of nitrogens with two attached hydrogens (primary N) is 1. The Morgan fingerprint density at radius 3 is 2.11 bits per heavy atom. The van der Waals surface area contributed by atoms with E-state index in [2.05, 4.69) is 0 Å². The summed E-state index contributed by atoms with van der Waals surface area (Å²) in [6.07, 6.45) is 0. The van der Waals surface area contributed by atoms with E-state index in [1.54, 1.807) is 48.5 Å². The van der Waals surface area contributed by atoms with Crippen molar-refractivity contribution in [3.8, 4) is 0 Å². The molecular formula is C14H11Cl2NO. The molecule has 92 valence electrons. The van der Waals surface area contributed by atoms with Gasteiger partial charge in [0.1, 0.15) is 5.38 Å². The second kappa shape index (κ2) is 5.42. The highest BCUT2D eigenvalue weighted by molar-refractivity contribution is 6.34. The van der Waals surface area contributed by atoms with Crippen molar-refractivity contribution in [3.63, 3.8) is 0 Å². The molecule has 0 spiro atoms. The van der Waals surface area contributed by atoms with E-state index in [0.29, 0.717) is 16.3 Å². The largest absolute Gasteiger partial charge is 0.399 e. The van der Waals surface area contributed by atoms with Crippen molar-refractivity contribution >= 4 is 34.7 Å². The minimum absolute atomic E-state index is 0.154. The molecule has 2 nitrogen and oxygen atoms in total. The molecule has 2 aromatic rings. The Morgan fingerprint density at radius 1 is 1.00 bits per heavy atom. The summed E-state index contributed by atoms with van der Waals surface area (Å²) in [7, 11) is 0. The van der Waals surface area contributed by atoms with Crippen LogP contribution in [0.25, 0.3) is 0 Å². The molecule has 2 aromatic carbocycles. The van der Waals surface area contributed by atoms with Gasteiger partial charge >= 0.3 is 0 Å². The molecule has 2 N–H and O–H groups in total. The molecule has 0 saturated heterocycles. The maximum Gasteiger partial charge on any atom is 0.185 e. The minimum atomic E-state index is -0.717. The molecule has 0 aliphatic heterocycles. The van der Waals surface area contributed by atoms with Crippen LogP contribution in [-0.4, -0.2) is 5.78 Å². The molecule has 1 atom stereocenters. The van der Waals surface area contributed by atoms with E-state index in [1.807, 2.05) is 0 Å². The number of carbonyl (C=O) groups is 1. The van der Waals surface area contributed by atoms with Crippen LogP contribution in [0.2, 0.25) is 5.02 Å². The van der Waals surface area contributed by atoms with E-state index in [1.165, 1.54) is 0 Å². The van der Waals surface area contributed by atoms with Crippen LogP contribution in [0.5, 0.6) is 0 Å². The fourth-order valence-corrected chi connectivity index (χ4v) is 1.97. The average molecular weight is 280 g/mol. The van der Waals surface area contributed by atoms with E-state index >= 15 is 0 Å². The summed E-state index contributed by atoms with van der Waals surface area (Å²) in [5, 5.41) is -0.103. The van der Waals surface area contributed by atoms with Gasteiger partial charge in [-0.3, -0.25) is 4.79 Å². The number of alkyl halides is 1. The molecule has 1 unspecified atom stereocenters. The molecule has 0 heterocycles. The second-order valence-electron chi connectivity index (χ2n) is 3.90. The van der Waals surface area contributed by atoms with Gasteiger partial charge in [0.25, 0.3) is 0 Å². The van der Waals surface area contributed by atoms with Crippen molar-refractivity contribution in [1.82, 2.24) is 0 Å². The van der Waals surface area contributed by atoms with Crippen LogP contribution in [0, 0.1) is 0 Å². The second-order valence-corrected chi connectivity index (χ2v) is 4.77. The summed E-state index contributed by atoms with van der Waals surface area (Å²) in [6, 6.07) is 13.6. The number of hydrogen-bond acceptors (Lipinski definition) is 2. The summed E-state index contributed by atoms with van der Waals surface area (Å²) in [6.45, 7) is 0. The number of halogens is 2. The molecule has 0 aliphatic rings. The van der Waals surface area contributed by atoms with Crippen molar-refractivity contribution in [2.24, 2.45) is 0 Å². The summed E-state index contributed by atoms with van der Waals surface area (Å²) in [5.41, 5.74) is 7.45. The van der Waals surface area contributed by atoms with Gasteiger partial charge in [0.2, 0.25) is 0 Å². The van der Waals surface area contributed by atoms with E-state index in [4.69, 9.17) is 28.9 Å². The normalized spacial score (nSPS) is 12.1. The van der Waals surface area contributed by atoms with E-state index in [9.17, 15) is 4.79 Å². The number of Topliss-reactive ketones (excluding diaryl/α,β-unsaturated/α-hetero) is 1. The van der Waals surface area contributed by atoms with Crippen LogP contribution in [0.4, 0.5) is 5.69 Å². The maximum absolute atomic E-state index is 12.1. The molecule has 0 radical (unpaired) electrons. The number of ketones is 1. The number of anilines is 1. The first kappa shape index (κ1) is 12.9. The molecule has 0 amide bonds. The molecule has 18 heavy (non-hydrogen) atoms. The first-order valence-corrected chi connectivity index (χ1v) is 6.18. The number of hydrogen-bond donors (Lipinski definition) is 1. The summed E-state index contributed by atoms with van der Waals surface area (Å²) in [4.78, 5) is 12.1. The van der Waals surface area contributed by atoms with E-state index in [-0.39, 0.29) is 5.78 Å². The lowest BCUT2D eigenvalue weighted by Gasteiger charge is -2.09. The van der Waals surface area contributed by atoms with Crippen molar-refractivity contribution in [3.05, 3.63) is 64.7 Å². The van der Waals surface area contributed by atoms with Gasteiger partial charge in [-0.15, -0.1) is 11.6 Å². The van der Waals surface area contributed by atoms with Crippen LogP contribution < -0.4 is 5.73 Å². The number of benzene rings is 2. The SMILES string of the molecule is Nc1ccc(C(=O)C(Cl)c2ccc(Cl)cc2)cc1. The molecule has 0 saturated carbocycles. The molecular weight excluding hydrogens is 269 g/mol. The van der Waals surface area contributed by atoms with Crippen LogP contribution in [0.1, 0.15) is 21.3 Å². The zero-order valence-corrected chi connectivity index (χ0v) is 10.9. The van der Waals surface area contributed by atoms with Crippen LogP contribution in [-0.2, 0) is 0 Å². The Bertz CT molecular complexity index is 549. The van der Waals surface area contributed by atoms with Crippen molar-refractivity contribution in [1.29, 1.82) is 0 Å². The van der Waals surface area contributed by atoms with Crippen LogP contribution in [0.3, 0.4) is 0 Å². The number of carbonyl (C=O) groups excluding carboxylic acids is 1. The van der Waals surface area contributed by atoms with Gasteiger partial charge in [-0.1, -0.05) is 23.7 Å². The van der Waals surface area contributed by atoms with E-state index in [0.717, 1.165) is 5.56 Å². The molecule has 0 bridgehead atoms. The lowest BCUT2D eigenvalue weighted by molar-refractivity contribution is 0.0987. The highest BCUT2D eigenvalue weighted by atomic mass is 35.5. The Labute approximate surface area is 115 Å². The average Bonchev–Trinajstić information content (AvgIpc) is 2.39. The summed E-state index contributed by atoms with van der Waals surface area (Å²) >= 11 is 11.9. The standard InChI is InChI=1S/C14H11Cl2NO/c15-11-5-1-9(2-6-11)13(16)14(18)10-3-7-12(17)8-4-10/h1-8,13H,17H2. The lowest BCUT2D eigenvalue weighted by atomic mass is 10.0. The zero-order valence-electron chi connectivity index (χ0n) is 9.44. The Hall–Kier alpha value is -1.51. The van der Waals surface area contributed by atoms with Crippen LogP contribution in [0.15, 0.2) is 48.5 Å². The maximum atomic E-state index is 12.1. The Balaban J connectivity index is 2.23. The van der Waals surface area contributed by atoms with Gasteiger partial charge in [0.05, 0.1) is 0 Å². The van der Waals surface area contributed by atoms with Gasteiger partial charge in [0.15, 0.2) is 5.78 Å². The van der Waals surface area contributed by atoms with Gasteiger partial charge in [-0.2, -0.15) is 0 Å². The fourth-order valence-electron chi connectivity index (χ4n) is 1.58. The van der Waals surface area contributed by atoms with Gasteiger partial charge in [-0.05, 0) is 42.0 Å². The van der Waals surface area contributed by atoms with Crippen LogP contribution >= 0.6 is 23.2 Å². The molecule has 0 fully saturated rings. The summed E-state index contributed by atoms with van der Waals surface area (Å²) in [5.74, 6) is -0.154. The first-order chi connectivity index (χ1) is 8.58. The molecule has 2 rings (SSSR count). The smallest absolute Gasteiger partial charge is 0.185 e. The minimum Gasteiger partial charge on any atom is -0.399 e. The lowest BCUT2D eigenvalue weighted by Crippen LogP contribution is -2.07. The van der Waals surface area contributed by atoms with E-state index < -0.39 is 5.38 Å². The predicted octanol–water partition coefficient (Wildman–Crippen LogP) is 4.09. The third-order valence-electron chi connectivity index (χ3n) is 2.59. The Morgan fingerprint density at radius 2 is 1.56 bits per heavy atom.